The molecule has 1 aliphatic carbocycles. The van der Waals surface area contributed by atoms with Crippen molar-refractivity contribution >= 4 is 11.9 Å². The van der Waals surface area contributed by atoms with Crippen LogP contribution in [0.5, 0.6) is 0 Å². The summed E-state index contributed by atoms with van der Waals surface area (Å²) in [6.07, 6.45) is 6.13. The summed E-state index contributed by atoms with van der Waals surface area (Å²) in [5.41, 5.74) is 1.56. The number of carbonyl (C=O) groups is 2. The van der Waals surface area contributed by atoms with E-state index in [0.29, 0.717) is 6.54 Å². The van der Waals surface area contributed by atoms with Gasteiger partial charge in [-0.15, -0.1) is 0 Å². The van der Waals surface area contributed by atoms with Crippen LogP contribution in [-0.4, -0.2) is 45.2 Å². The Morgan fingerprint density at radius 2 is 2.15 bits per heavy atom. The molecule has 1 aromatic heterocycles. The van der Waals surface area contributed by atoms with Crippen LogP contribution >= 0.6 is 0 Å². The Morgan fingerprint density at radius 3 is 2.93 bits per heavy atom. The van der Waals surface area contributed by atoms with E-state index < -0.39 is 5.60 Å². The lowest BCUT2D eigenvalue weighted by molar-refractivity contribution is -0.150. The zero-order chi connectivity index (χ0) is 18.9. The largest absolute Gasteiger partial charge is 0.458 e. The Balaban J connectivity index is 1.38. The Kier molecular flexibility index (Phi) is 5.21. The molecule has 1 N–H and O–H groups in total. The predicted octanol–water partition coefficient (Wildman–Crippen LogP) is 1.99. The summed E-state index contributed by atoms with van der Waals surface area (Å²) < 4.78 is 7.67. The van der Waals surface area contributed by atoms with Gasteiger partial charge in [0, 0.05) is 19.6 Å². The SMILES string of the molecule is CCCN1CCCn2nc(CNC(=O)[C@H]3CC(=O)OC34CCCC4)cc2C1. The van der Waals surface area contributed by atoms with Gasteiger partial charge in [-0.25, -0.2) is 0 Å². The van der Waals surface area contributed by atoms with Crippen molar-refractivity contribution in [3.63, 3.8) is 0 Å². The van der Waals surface area contributed by atoms with Gasteiger partial charge in [0.05, 0.1) is 30.3 Å². The van der Waals surface area contributed by atoms with Crippen LogP contribution in [-0.2, 0) is 34.0 Å². The lowest BCUT2D eigenvalue weighted by atomic mass is 9.85. The molecule has 7 heteroatoms. The van der Waals surface area contributed by atoms with Crippen molar-refractivity contribution < 1.29 is 14.3 Å². The summed E-state index contributed by atoms with van der Waals surface area (Å²) >= 11 is 0. The van der Waals surface area contributed by atoms with Crippen molar-refractivity contribution in [3.8, 4) is 0 Å². The highest BCUT2D eigenvalue weighted by atomic mass is 16.6. The molecule has 3 aliphatic rings. The number of rotatable bonds is 5. The maximum atomic E-state index is 12.8. The average Bonchev–Trinajstić information content (AvgIpc) is 3.31. The van der Waals surface area contributed by atoms with Crippen molar-refractivity contribution in [2.75, 3.05) is 13.1 Å². The van der Waals surface area contributed by atoms with Crippen molar-refractivity contribution in [1.82, 2.24) is 20.0 Å². The quantitative estimate of drug-likeness (QED) is 0.798. The number of fused-ring (bicyclic) bond motifs is 1. The van der Waals surface area contributed by atoms with Gasteiger partial charge in [-0.2, -0.15) is 5.10 Å². The van der Waals surface area contributed by atoms with Gasteiger partial charge in [0.25, 0.3) is 0 Å². The Hall–Kier alpha value is -1.89. The van der Waals surface area contributed by atoms with Gasteiger partial charge < -0.3 is 10.1 Å². The maximum absolute atomic E-state index is 12.8. The third-order valence-corrected chi connectivity index (χ3v) is 6.22. The van der Waals surface area contributed by atoms with Gasteiger partial charge in [-0.1, -0.05) is 6.92 Å². The third-order valence-electron chi connectivity index (χ3n) is 6.22. The molecule has 0 radical (unpaired) electrons. The fraction of sp³-hybridized carbons (Fsp3) is 0.750. The van der Waals surface area contributed by atoms with E-state index in [1.807, 2.05) is 0 Å². The van der Waals surface area contributed by atoms with Gasteiger partial charge in [0.2, 0.25) is 5.91 Å². The highest BCUT2D eigenvalue weighted by Gasteiger charge is 2.53. The minimum absolute atomic E-state index is 0.0708. The molecule has 0 bridgehead atoms. The summed E-state index contributed by atoms with van der Waals surface area (Å²) in [5.74, 6) is -0.659. The van der Waals surface area contributed by atoms with E-state index in [4.69, 9.17) is 4.74 Å². The van der Waals surface area contributed by atoms with Gasteiger partial charge in [-0.3, -0.25) is 19.2 Å². The minimum Gasteiger partial charge on any atom is -0.458 e. The molecule has 2 aliphatic heterocycles. The number of nitrogens with one attached hydrogen (secondary N) is 1. The fourth-order valence-electron chi connectivity index (χ4n) is 4.93. The first-order valence-corrected chi connectivity index (χ1v) is 10.4. The molecule has 1 saturated heterocycles. The number of hydrogen-bond acceptors (Lipinski definition) is 5. The van der Waals surface area contributed by atoms with Crippen molar-refractivity contribution in [2.45, 2.75) is 77.1 Å². The van der Waals surface area contributed by atoms with E-state index in [1.165, 1.54) is 5.69 Å². The van der Waals surface area contributed by atoms with E-state index in [1.54, 1.807) is 0 Å². The van der Waals surface area contributed by atoms with Crippen LogP contribution in [0.15, 0.2) is 6.07 Å². The molecule has 27 heavy (non-hydrogen) atoms. The fourth-order valence-corrected chi connectivity index (χ4v) is 4.93. The number of carbonyl (C=O) groups excluding carboxylic acids is 2. The molecule has 1 aromatic rings. The molecule has 1 spiro atoms. The van der Waals surface area contributed by atoms with Gasteiger partial charge >= 0.3 is 5.97 Å². The summed E-state index contributed by atoms with van der Waals surface area (Å²) in [6.45, 7) is 6.68. The molecule has 0 unspecified atom stereocenters. The number of aryl methyl sites for hydroxylation is 1. The van der Waals surface area contributed by atoms with Crippen LogP contribution in [0.3, 0.4) is 0 Å². The molecule has 7 nitrogen and oxygen atoms in total. The van der Waals surface area contributed by atoms with Crippen LogP contribution < -0.4 is 5.32 Å². The molecule has 1 amide bonds. The maximum Gasteiger partial charge on any atom is 0.307 e. The van der Waals surface area contributed by atoms with E-state index in [-0.39, 0.29) is 24.2 Å². The number of esters is 1. The smallest absolute Gasteiger partial charge is 0.307 e. The van der Waals surface area contributed by atoms with E-state index >= 15 is 0 Å². The van der Waals surface area contributed by atoms with E-state index in [0.717, 1.165) is 70.4 Å². The summed E-state index contributed by atoms with van der Waals surface area (Å²) in [6, 6.07) is 2.11. The second-order valence-corrected chi connectivity index (χ2v) is 8.20. The van der Waals surface area contributed by atoms with E-state index in [9.17, 15) is 9.59 Å². The highest BCUT2D eigenvalue weighted by molar-refractivity contribution is 5.87. The Bertz CT molecular complexity index is 708. The molecule has 2 fully saturated rings. The topological polar surface area (TPSA) is 76.5 Å². The number of ether oxygens (including phenoxy) is 1. The average molecular weight is 374 g/mol. The molecular formula is C20H30N4O3. The van der Waals surface area contributed by atoms with Crippen LogP contribution in [0, 0.1) is 5.92 Å². The monoisotopic (exact) mass is 374 g/mol. The lowest BCUT2D eigenvalue weighted by Crippen LogP contribution is -2.42. The van der Waals surface area contributed by atoms with Crippen LogP contribution in [0.25, 0.3) is 0 Å². The Morgan fingerprint density at radius 1 is 1.33 bits per heavy atom. The first-order chi connectivity index (χ1) is 13.1. The van der Waals surface area contributed by atoms with Gasteiger partial charge in [0.1, 0.15) is 5.60 Å². The summed E-state index contributed by atoms with van der Waals surface area (Å²) in [7, 11) is 0. The molecular weight excluding hydrogens is 344 g/mol. The molecule has 148 valence electrons. The first kappa shape index (κ1) is 18.5. The van der Waals surface area contributed by atoms with Gasteiger partial charge in [0.15, 0.2) is 0 Å². The molecule has 4 rings (SSSR count). The zero-order valence-corrected chi connectivity index (χ0v) is 16.2. The lowest BCUT2D eigenvalue weighted by Gasteiger charge is -2.27. The minimum atomic E-state index is -0.548. The molecule has 1 atom stereocenters. The number of aromatic nitrogens is 2. The standard InChI is InChI=1S/C20H30N4O3/c1-2-8-23-9-5-10-24-16(14-23)11-15(22-24)13-21-19(26)17-12-18(25)27-20(17)6-3-4-7-20/h11,17H,2-10,12-14H2,1H3,(H,21,26)/t17-/m1/s1. The third kappa shape index (κ3) is 3.74. The number of hydrogen-bond donors (Lipinski definition) is 1. The van der Waals surface area contributed by atoms with Crippen LogP contribution in [0.4, 0.5) is 0 Å². The number of amides is 1. The van der Waals surface area contributed by atoms with Crippen LogP contribution in [0.2, 0.25) is 0 Å². The summed E-state index contributed by atoms with van der Waals surface area (Å²) in [5, 5.41) is 7.70. The molecule has 0 aromatic carbocycles. The molecule has 1 saturated carbocycles. The Labute approximate surface area is 160 Å². The highest BCUT2D eigenvalue weighted by Crippen LogP contribution is 2.45. The van der Waals surface area contributed by atoms with Crippen molar-refractivity contribution in [2.24, 2.45) is 5.92 Å². The van der Waals surface area contributed by atoms with Crippen LogP contribution in [0.1, 0.15) is 63.3 Å². The zero-order valence-electron chi connectivity index (χ0n) is 16.2. The number of nitrogens with zero attached hydrogens (tertiary/aromatic N) is 3. The van der Waals surface area contributed by atoms with E-state index in [2.05, 4.69) is 33.0 Å². The van der Waals surface area contributed by atoms with Gasteiger partial charge in [-0.05, 0) is 51.1 Å². The van der Waals surface area contributed by atoms with Crippen molar-refractivity contribution in [1.29, 1.82) is 0 Å². The second-order valence-electron chi connectivity index (χ2n) is 8.20. The summed E-state index contributed by atoms with van der Waals surface area (Å²) in [4.78, 5) is 27.1. The van der Waals surface area contributed by atoms with Crippen molar-refractivity contribution in [3.05, 3.63) is 17.5 Å². The second kappa shape index (κ2) is 7.62. The normalized spacial score (nSPS) is 24.6. The first-order valence-electron chi connectivity index (χ1n) is 10.4. The molecule has 3 heterocycles. The predicted molar refractivity (Wildman–Crippen MR) is 99.7 cm³/mol.